The summed E-state index contributed by atoms with van der Waals surface area (Å²) in [6.07, 6.45) is 6.53. The van der Waals surface area contributed by atoms with E-state index in [4.69, 9.17) is 11.6 Å². The average molecular weight is 309 g/mol. The van der Waals surface area contributed by atoms with Gasteiger partial charge in [-0.1, -0.05) is 44.9 Å². The molecule has 0 saturated carbocycles. The third-order valence-corrected chi connectivity index (χ3v) is 4.67. The monoisotopic (exact) mass is 308 g/mol. The lowest BCUT2D eigenvalue weighted by Crippen LogP contribution is -2.39. The largest absolute Gasteiger partial charge is 0.369 e. The number of hydrogen-bond donors (Lipinski definition) is 1. The van der Waals surface area contributed by atoms with Crippen LogP contribution in [0.15, 0.2) is 18.2 Å². The van der Waals surface area contributed by atoms with Gasteiger partial charge in [0.2, 0.25) is 0 Å². The molecule has 1 heterocycles. The van der Waals surface area contributed by atoms with Crippen LogP contribution in [0.2, 0.25) is 5.02 Å². The molecule has 2 rings (SSSR count). The van der Waals surface area contributed by atoms with E-state index in [2.05, 4.69) is 49.2 Å². The Morgan fingerprint density at radius 1 is 1.33 bits per heavy atom. The third-order valence-electron chi connectivity index (χ3n) is 4.32. The number of nitrogens with zero attached hydrogens (tertiary/aromatic N) is 1. The van der Waals surface area contributed by atoms with E-state index in [1.165, 1.54) is 49.9 Å². The smallest absolute Gasteiger partial charge is 0.0471 e. The Morgan fingerprint density at radius 3 is 2.81 bits per heavy atom. The van der Waals surface area contributed by atoms with Crippen molar-refractivity contribution in [2.24, 2.45) is 0 Å². The first-order chi connectivity index (χ1) is 10.1. The van der Waals surface area contributed by atoms with Crippen LogP contribution < -0.4 is 10.2 Å². The van der Waals surface area contributed by atoms with Crippen LogP contribution in [0.5, 0.6) is 0 Å². The molecule has 1 saturated heterocycles. The van der Waals surface area contributed by atoms with Gasteiger partial charge in [0.1, 0.15) is 0 Å². The maximum atomic E-state index is 6.49. The molecule has 0 aliphatic carbocycles. The van der Waals surface area contributed by atoms with Crippen molar-refractivity contribution in [2.45, 2.75) is 71.5 Å². The normalized spacial score (nSPS) is 19.3. The van der Waals surface area contributed by atoms with Crippen LogP contribution in [0.1, 0.15) is 58.4 Å². The number of hydrogen-bond acceptors (Lipinski definition) is 2. The molecule has 21 heavy (non-hydrogen) atoms. The van der Waals surface area contributed by atoms with Crippen LogP contribution in [-0.4, -0.2) is 18.6 Å². The molecule has 1 fully saturated rings. The fourth-order valence-electron chi connectivity index (χ4n) is 3.15. The van der Waals surface area contributed by atoms with Gasteiger partial charge in [0.05, 0.1) is 0 Å². The van der Waals surface area contributed by atoms with E-state index >= 15 is 0 Å². The van der Waals surface area contributed by atoms with Crippen LogP contribution >= 0.6 is 11.6 Å². The van der Waals surface area contributed by atoms with Crippen molar-refractivity contribution in [1.82, 2.24) is 5.32 Å². The first-order valence-electron chi connectivity index (χ1n) is 8.40. The SMILES string of the molecule is CCCC1CCCCN1c1ccc(CNC(C)C)c(Cl)c1. The average Bonchev–Trinajstić information content (AvgIpc) is 2.47. The van der Waals surface area contributed by atoms with E-state index in [0.29, 0.717) is 12.1 Å². The summed E-state index contributed by atoms with van der Waals surface area (Å²) in [5.41, 5.74) is 2.49. The number of piperidine rings is 1. The second kappa shape index (κ2) is 8.05. The van der Waals surface area contributed by atoms with Crippen LogP contribution in [0.3, 0.4) is 0 Å². The number of halogens is 1. The molecule has 118 valence electrons. The number of nitrogens with one attached hydrogen (secondary N) is 1. The van der Waals surface area contributed by atoms with Crippen molar-refractivity contribution in [3.8, 4) is 0 Å². The highest BCUT2D eigenvalue weighted by Crippen LogP contribution is 2.30. The molecule has 0 bridgehead atoms. The van der Waals surface area contributed by atoms with Gasteiger partial charge >= 0.3 is 0 Å². The maximum absolute atomic E-state index is 6.49. The summed E-state index contributed by atoms with van der Waals surface area (Å²) >= 11 is 6.49. The summed E-state index contributed by atoms with van der Waals surface area (Å²) in [4.78, 5) is 2.57. The number of rotatable bonds is 6. The van der Waals surface area contributed by atoms with Gasteiger partial charge in [-0.05, 0) is 43.4 Å². The van der Waals surface area contributed by atoms with E-state index in [-0.39, 0.29) is 0 Å². The Hall–Kier alpha value is -0.730. The minimum atomic E-state index is 0.483. The number of benzene rings is 1. The van der Waals surface area contributed by atoms with Crippen LogP contribution in [0.4, 0.5) is 5.69 Å². The van der Waals surface area contributed by atoms with E-state index in [1.54, 1.807) is 0 Å². The second-order valence-electron chi connectivity index (χ2n) is 6.44. The lowest BCUT2D eigenvalue weighted by molar-refractivity contribution is 0.435. The van der Waals surface area contributed by atoms with Crippen molar-refractivity contribution in [2.75, 3.05) is 11.4 Å². The van der Waals surface area contributed by atoms with Crippen LogP contribution in [0, 0.1) is 0 Å². The highest BCUT2D eigenvalue weighted by Gasteiger charge is 2.22. The molecule has 0 spiro atoms. The molecule has 3 heteroatoms. The molecule has 2 nitrogen and oxygen atoms in total. The lowest BCUT2D eigenvalue weighted by Gasteiger charge is -2.38. The second-order valence-corrected chi connectivity index (χ2v) is 6.85. The highest BCUT2D eigenvalue weighted by molar-refractivity contribution is 6.31. The van der Waals surface area contributed by atoms with Crippen molar-refractivity contribution >= 4 is 17.3 Å². The summed E-state index contributed by atoms with van der Waals surface area (Å²) in [5, 5.41) is 4.32. The zero-order chi connectivity index (χ0) is 15.2. The predicted octanol–water partition coefficient (Wildman–Crippen LogP) is 5.00. The molecule has 1 atom stereocenters. The van der Waals surface area contributed by atoms with Gasteiger partial charge in [0.25, 0.3) is 0 Å². The van der Waals surface area contributed by atoms with Gasteiger partial charge in [0.15, 0.2) is 0 Å². The minimum Gasteiger partial charge on any atom is -0.369 e. The summed E-state index contributed by atoms with van der Waals surface area (Å²) in [5.74, 6) is 0. The highest BCUT2D eigenvalue weighted by atomic mass is 35.5. The molecule has 1 aromatic rings. The fourth-order valence-corrected chi connectivity index (χ4v) is 3.39. The Kier molecular flexibility index (Phi) is 6.38. The topological polar surface area (TPSA) is 15.3 Å². The van der Waals surface area contributed by atoms with Gasteiger partial charge in [-0.2, -0.15) is 0 Å². The molecule has 1 aliphatic rings. The Morgan fingerprint density at radius 2 is 2.14 bits per heavy atom. The first kappa shape index (κ1) is 16.6. The zero-order valence-corrected chi connectivity index (χ0v) is 14.4. The van der Waals surface area contributed by atoms with Crippen molar-refractivity contribution in [1.29, 1.82) is 0 Å². The van der Waals surface area contributed by atoms with Gasteiger partial charge in [-0.25, -0.2) is 0 Å². The molecule has 1 unspecified atom stereocenters. The van der Waals surface area contributed by atoms with Crippen molar-refractivity contribution < 1.29 is 0 Å². The molecule has 1 N–H and O–H groups in total. The predicted molar refractivity (Wildman–Crippen MR) is 93.3 cm³/mol. The van der Waals surface area contributed by atoms with Gasteiger partial charge in [-0.15, -0.1) is 0 Å². The summed E-state index contributed by atoms with van der Waals surface area (Å²) < 4.78 is 0. The minimum absolute atomic E-state index is 0.483. The standard InChI is InChI=1S/C18H29ClN2/c1-4-7-16-8-5-6-11-21(16)17-10-9-15(18(19)12-17)13-20-14(2)3/h9-10,12,14,16,20H,4-8,11,13H2,1-3H3. The van der Waals surface area contributed by atoms with E-state index in [1.807, 2.05) is 0 Å². The maximum Gasteiger partial charge on any atom is 0.0471 e. The zero-order valence-electron chi connectivity index (χ0n) is 13.7. The fraction of sp³-hybridized carbons (Fsp3) is 0.667. The summed E-state index contributed by atoms with van der Waals surface area (Å²) in [6, 6.07) is 7.77. The molecule has 0 aromatic heterocycles. The van der Waals surface area contributed by atoms with Crippen molar-refractivity contribution in [3.63, 3.8) is 0 Å². The number of anilines is 1. The summed E-state index contributed by atoms with van der Waals surface area (Å²) in [6.45, 7) is 8.61. The van der Waals surface area contributed by atoms with Crippen molar-refractivity contribution in [3.05, 3.63) is 28.8 Å². The van der Waals surface area contributed by atoms with Gasteiger partial charge in [-0.3, -0.25) is 0 Å². The van der Waals surface area contributed by atoms with Gasteiger partial charge in [0, 0.05) is 35.9 Å². The molecule has 0 radical (unpaired) electrons. The lowest BCUT2D eigenvalue weighted by atomic mass is 9.97. The van der Waals surface area contributed by atoms with Crippen LogP contribution in [0.25, 0.3) is 0 Å². The van der Waals surface area contributed by atoms with Gasteiger partial charge < -0.3 is 10.2 Å². The van der Waals surface area contributed by atoms with E-state index in [9.17, 15) is 0 Å². The van der Waals surface area contributed by atoms with E-state index < -0.39 is 0 Å². The van der Waals surface area contributed by atoms with Crippen LogP contribution in [-0.2, 0) is 6.54 Å². The Labute approximate surface area is 134 Å². The van der Waals surface area contributed by atoms with E-state index in [0.717, 1.165) is 11.6 Å². The molecule has 0 amide bonds. The molecule has 1 aliphatic heterocycles. The Bertz CT molecular complexity index is 443. The molecular formula is C18H29ClN2. The summed E-state index contributed by atoms with van der Waals surface area (Å²) in [7, 11) is 0. The molecule has 1 aromatic carbocycles. The quantitative estimate of drug-likeness (QED) is 0.796. The third kappa shape index (κ3) is 4.62. The Balaban J connectivity index is 2.10. The first-order valence-corrected chi connectivity index (χ1v) is 8.78. The molecular weight excluding hydrogens is 280 g/mol.